The highest BCUT2D eigenvalue weighted by Crippen LogP contribution is 2.21. The van der Waals surface area contributed by atoms with Crippen LogP contribution in [0.25, 0.3) is 0 Å². The van der Waals surface area contributed by atoms with Crippen LogP contribution in [-0.4, -0.2) is 55.3 Å². The van der Waals surface area contributed by atoms with Crippen LogP contribution in [0.15, 0.2) is 24.3 Å². The van der Waals surface area contributed by atoms with E-state index in [1.807, 2.05) is 0 Å². The first-order chi connectivity index (χ1) is 13.3. The van der Waals surface area contributed by atoms with E-state index in [1.165, 1.54) is 12.1 Å². The number of hydrogen-bond acceptors (Lipinski definition) is 9. The molecular weight excluding hydrogens is 404 g/mol. The van der Waals surface area contributed by atoms with E-state index in [4.69, 9.17) is 9.47 Å². The van der Waals surface area contributed by atoms with Gasteiger partial charge in [-0.2, -0.15) is 8.42 Å². The zero-order valence-electron chi connectivity index (χ0n) is 17.0. The van der Waals surface area contributed by atoms with E-state index in [2.05, 4.69) is 4.18 Å². The fraction of sp³-hybridized carbons (Fsp3) is 0.579. The molecule has 0 aliphatic carbocycles. The van der Waals surface area contributed by atoms with Gasteiger partial charge in [-0.3, -0.25) is 13.8 Å². The van der Waals surface area contributed by atoms with Gasteiger partial charge in [0.2, 0.25) is 0 Å². The highest BCUT2D eigenvalue weighted by atomic mass is 32.2. The Labute approximate surface area is 170 Å². The summed E-state index contributed by atoms with van der Waals surface area (Å²) in [7, 11) is -2.73. The maximum Gasteiger partial charge on any atom is 0.312 e. The van der Waals surface area contributed by atoms with E-state index in [0.29, 0.717) is 5.56 Å². The summed E-state index contributed by atoms with van der Waals surface area (Å²) < 4.78 is 36.9. The molecule has 1 atom stereocenters. The monoisotopic (exact) mass is 432 g/mol. The molecule has 0 amide bonds. The van der Waals surface area contributed by atoms with Crippen molar-refractivity contribution < 1.29 is 41.9 Å². The molecule has 0 saturated heterocycles. The molecule has 29 heavy (non-hydrogen) atoms. The van der Waals surface area contributed by atoms with Crippen LogP contribution in [0.3, 0.4) is 0 Å². The van der Waals surface area contributed by atoms with Gasteiger partial charge in [-0.1, -0.05) is 12.1 Å². The molecule has 2 N–H and O–H groups in total. The summed E-state index contributed by atoms with van der Waals surface area (Å²) in [6.45, 7) is 5.17. The van der Waals surface area contributed by atoms with Gasteiger partial charge >= 0.3 is 11.9 Å². The number of hydrogen-bond donors (Lipinski definition) is 2. The fourth-order valence-corrected chi connectivity index (χ4v) is 2.93. The van der Waals surface area contributed by atoms with Crippen molar-refractivity contribution >= 4 is 22.1 Å². The summed E-state index contributed by atoms with van der Waals surface area (Å²) in [4.78, 5) is 23.6. The second kappa shape index (κ2) is 10.7. The number of carbonyl (C=O) groups excluding carboxylic acids is 2. The summed E-state index contributed by atoms with van der Waals surface area (Å²) in [6.07, 6.45) is -2.04. The van der Waals surface area contributed by atoms with Gasteiger partial charge < -0.3 is 19.7 Å². The number of ether oxygens (including phenoxy) is 2. The predicted molar refractivity (Wildman–Crippen MR) is 103 cm³/mol. The lowest BCUT2D eigenvalue weighted by molar-refractivity contribution is -0.161. The van der Waals surface area contributed by atoms with Crippen molar-refractivity contribution in [2.45, 2.75) is 51.9 Å². The van der Waals surface area contributed by atoms with Crippen LogP contribution in [0.4, 0.5) is 0 Å². The molecule has 0 saturated carbocycles. The van der Waals surface area contributed by atoms with Crippen LogP contribution < -0.4 is 4.74 Å². The normalized spacial score (nSPS) is 13.2. The molecule has 0 spiro atoms. The number of benzene rings is 1. The Morgan fingerprint density at radius 1 is 1.07 bits per heavy atom. The van der Waals surface area contributed by atoms with Gasteiger partial charge in [-0.15, -0.1) is 0 Å². The van der Waals surface area contributed by atoms with Crippen molar-refractivity contribution in [1.29, 1.82) is 0 Å². The topological polar surface area (TPSA) is 136 Å². The van der Waals surface area contributed by atoms with Crippen LogP contribution in [0.2, 0.25) is 0 Å². The Balaban J connectivity index is 2.64. The van der Waals surface area contributed by atoms with Gasteiger partial charge in [0.15, 0.2) is 6.29 Å². The van der Waals surface area contributed by atoms with Gasteiger partial charge in [0.05, 0.1) is 25.7 Å². The zero-order valence-corrected chi connectivity index (χ0v) is 17.8. The molecular formula is C19H28O9S. The van der Waals surface area contributed by atoms with Crippen LogP contribution in [0, 0.1) is 5.92 Å². The van der Waals surface area contributed by atoms with Crippen LogP contribution >= 0.6 is 0 Å². The van der Waals surface area contributed by atoms with E-state index in [-0.39, 0.29) is 25.0 Å². The zero-order chi connectivity index (χ0) is 22.2. The third kappa shape index (κ3) is 10.4. The lowest BCUT2D eigenvalue weighted by Crippen LogP contribution is -2.30. The average molecular weight is 432 g/mol. The highest BCUT2D eigenvalue weighted by Gasteiger charge is 2.25. The summed E-state index contributed by atoms with van der Waals surface area (Å²) >= 11 is 0. The summed E-state index contributed by atoms with van der Waals surface area (Å²) in [6, 6.07) is 6.21. The molecule has 0 aromatic heterocycles. The van der Waals surface area contributed by atoms with Crippen molar-refractivity contribution in [3.63, 3.8) is 0 Å². The molecule has 1 rings (SSSR count). The van der Waals surface area contributed by atoms with E-state index in [9.17, 15) is 28.2 Å². The number of aliphatic hydroxyl groups excluding tert-OH is 1. The number of rotatable bonds is 10. The van der Waals surface area contributed by atoms with Gasteiger partial charge in [0.1, 0.15) is 11.4 Å². The molecule has 1 aromatic carbocycles. The van der Waals surface area contributed by atoms with Gasteiger partial charge in [-0.25, -0.2) is 0 Å². The SMILES string of the molecule is COS(=O)(=O)CCC(=O)Oc1ccc(CC(CC(=O)OC(C)(C)C)C(O)O)cc1. The lowest BCUT2D eigenvalue weighted by Gasteiger charge is -2.23. The first kappa shape index (κ1) is 25.0. The Hall–Kier alpha value is -2.01. The third-order valence-electron chi connectivity index (χ3n) is 3.73. The number of esters is 2. The van der Waals surface area contributed by atoms with E-state index in [1.54, 1.807) is 32.9 Å². The molecule has 10 heteroatoms. The molecule has 0 fully saturated rings. The third-order valence-corrected chi connectivity index (χ3v) is 4.95. The van der Waals surface area contributed by atoms with Crippen LogP contribution in [-0.2, 0) is 35.0 Å². The largest absolute Gasteiger partial charge is 0.460 e. The fourth-order valence-electron chi connectivity index (χ4n) is 2.35. The van der Waals surface area contributed by atoms with Crippen LogP contribution in [0.1, 0.15) is 39.2 Å². The van der Waals surface area contributed by atoms with Crippen molar-refractivity contribution in [3.05, 3.63) is 29.8 Å². The molecule has 0 bridgehead atoms. The molecule has 9 nitrogen and oxygen atoms in total. The van der Waals surface area contributed by atoms with E-state index >= 15 is 0 Å². The first-order valence-electron chi connectivity index (χ1n) is 8.97. The Morgan fingerprint density at radius 3 is 2.14 bits per heavy atom. The predicted octanol–water partition coefficient (Wildman–Crippen LogP) is 1.16. The highest BCUT2D eigenvalue weighted by molar-refractivity contribution is 7.86. The Morgan fingerprint density at radius 2 is 1.66 bits per heavy atom. The Kier molecular flexibility index (Phi) is 9.21. The van der Waals surface area contributed by atoms with Crippen molar-refractivity contribution in [1.82, 2.24) is 0 Å². The number of aliphatic hydroxyl groups is 2. The number of carbonyl (C=O) groups is 2. The van der Waals surface area contributed by atoms with E-state index in [0.717, 1.165) is 7.11 Å². The lowest BCUT2D eigenvalue weighted by atomic mass is 9.95. The summed E-state index contributed by atoms with van der Waals surface area (Å²) in [5, 5.41) is 19.1. The molecule has 0 radical (unpaired) electrons. The smallest absolute Gasteiger partial charge is 0.312 e. The second-order valence-corrected chi connectivity index (χ2v) is 9.32. The average Bonchev–Trinajstić information content (AvgIpc) is 2.59. The minimum absolute atomic E-state index is 0.167. The Bertz CT molecular complexity index is 777. The minimum atomic E-state index is -3.74. The van der Waals surface area contributed by atoms with Gasteiger partial charge in [-0.05, 0) is 44.9 Å². The maximum absolute atomic E-state index is 11.9. The standard InChI is InChI=1S/C19H28O9S/c1-19(2,3)28-17(21)12-14(18(22)23)11-13-5-7-15(8-6-13)27-16(20)9-10-29(24,25)26-4/h5-8,14,18,22-23H,9-12H2,1-4H3. The minimum Gasteiger partial charge on any atom is -0.460 e. The van der Waals surface area contributed by atoms with Gasteiger partial charge in [0, 0.05) is 5.92 Å². The van der Waals surface area contributed by atoms with Gasteiger partial charge in [0.25, 0.3) is 10.1 Å². The quantitative estimate of drug-likeness (QED) is 0.241. The summed E-state index contributed by atoms with van der Waals surface area (Å²) in [5.41, 5.74) is 0.0179. The van der Waals surface area contributed by atoms with Crippen molar-refractivity contribution in [2.75, 3.05) is 12.9 Å². The maximum atomic E-state index is 11.9. The van der Waals surface area contributed by atoms with Crippen molar-refractivity contribution in [3.8, 4) is 5.75 Å². The molecule has 164 valence electrons. The molecule has 0 aliphatic heterocycles. The summed E-state index contributed by atoms with van der Waals surface area (Å²) in [5.74, 6) is -2.31. The van der Waals surface area contributed by atoms with E-state index < -0.39 is 45.6 Å². The van der Waals surface area contributed by atoms with Crippen molar-refractivity contribution in [2.24, 2.45) is 5.92 Å². The first-order valence-corrected chi connectivity index (χ1v) is 10.5. The second-order valence-electron chi connectivity index (χ2n) is 7.46. The molecule has 1 aromatic rings. The molecule has 1 unspecified atom stereocenters. The molecule has 0 heterocycles. The molecule has 0 aliphatic rings. The van der Waals surface area contributed by atoms with Crippen LogP contribution in [0.5, 0.6) is 5.75 Å².